The molecule has 1 atom stereocenters. The third-order valence-corrected chi connectivity index (χ3v) is 5.58. The zero-order chi connectivity index (χ0) is 11.4. The lowest BCUT2D eigenvalue weighted by Gasteiger charge is -2.21. The van der Waals surface area contributed by atoms with Crippen molar-refractivity contribution in [2.24, 2.45) is 0 Å². The standard InChI is InChI=1S/C11H18N2OS2/c1-8-11(9(2)14-13-8)6-12-5-10-7-15-3-4-16-10/h10,12H,3-7H2,1-2H3. The molecule has 1 fully saturated rings. The van der Waals surface area contributed by atoms with Gasteiger partial charge in [0, 0.05) is 41.2 Å². The van der Waals surface area contributed by atoms with Gasteiger partial charge in [0.15, 0.2) is 0 Å². The van der Waals surface area contributed by atoms with Crippen molar-refractivity contribution in [1.29, 1.82) is 0 Å². The summed E-state index contributed by atoms with van der Waals surface area (Å²) in [6, 6.07) is 0. The molecule has 16 heavy (non-hydrogen) atoms. The molecule has 1 saturated heterocycles. The van der Waals surface area contributed by atoms with Gasteiger partial charge in [-0.15, -0.1) is 0 Å². The molecule has 1 aliphatic rings. The molecular weight excluding hydrogens is 240 g/mol. The summed E-state index contributed by atoms with van der Waals surface area (Å²) in [5, 5.41) is 8.23. The molecule has 5 heteroatoms. The lowest BCUT2D eigenvalue weighted by Crippen LogP contribution is -2.28. The molecule has 0 saturated carbocycles. The van der Waals surface area contributed by atoms with Crippen molar-refractivity contribution in [2.75, 3.05) is 23.8 Å². The van der Waals surface area contributed by atoms with E-state index in [4.69, 9.17) is 4.52 Å². The first-order chi connectivity index (χ1) is 7.77. The van der Waals surface area contributed by atoms with Crippen molar-refractivity contribution in [3.8, 4) is 0 Å². The van der Waals surface area contributed by atoms with Crippen LogP contribution in [0, 0.1) is 13.8 Å². The van der Waals surface area contributed by atoms with E-state index in [-0.39, 0.29) is 0 Å². The number of nitrogens with zero attached hydrogens (tertiary/aromatic N) is 1. The Morgan fingerprint density at radius 1 is 1.44 bits per heavy atom. The normalized spacial score (nSPS) is 21.2. The van der Waals surface area contributed by atoms with Gasteiger partial charge in [0.1, 0.15) is 5.76 Å². The fourth-order valence-electron chi connectivity index (χ4n) is 1.77. The highest BCUT2D eigenvalue weighted by Gasteiger charge is 2.14. The predicted octanol–water partition coefficient (Wildman–Crippen LogP) is 2.23. The van der Waals surface area contributed by atoms with Crippen LogP contribution < -0.4 is 5.32 Å². The molecule has 1 unspecified atom stereocenters. The largest absolute Gasteiger partial charge is 0.361 e. The van der Waals surface area contributed by atoms with E-state index >= 15 is 0 Å². The molecule has 0 aromatic carbocycles. The molecule has 0 amide bonds. The maximum absolute atomic E-state index is 5.14. The van der Waals surface area contributed by atoms with E-state index in [0.29, 0.717) is 0 Å². The zero-order valence-corrected chi connectivity index (χ0v) is 11.4. The van der Waals surface area contributed by atoms with Crippen LogP contribution >= 0.6 is 23.5 Å². The molecular formula is C11H18N2OS2. The van der Waals surface area contributed by atoms with Crippen LogP contribution in [0.4, 0.5) is 0 Å². The van der Waals surface area contributed by atoms with Crippen LogP contribution in [0.5, 0.6) is 0 Å². The molecule has 0 bridgehead atoms. The Kier molecular flexibility index (Phi) is 4.61. The van der Waals surface area contributed by atoms with Crippen molar-refractivity contribution in [3.63, 3.8) is 0 Å². The highest BCUT2D eigenvalue weighted by molar-refractivity contribution is 8.06. The molecule has 0 aliphatic carbocycles. The molecule has 2 rings (SSSR count). The molecule has 1 N–H and O–H groups in total. The van der Waals surface area contributed by atoms with E-state index in [1.165, 1.54) is 22.8 Å². The second kappa shape index (κ2) is 5.98. The van der Waals surface area contributed by atoms with Crippen LogP contribution in [-0.4, -0.2) is 34.2 Å². The van der Waals surface area contributed by atoms with Gasteiger partial charge < -0.3 is 9.84 Å². The third kappa shape index (κ3) is 3.18. The minimum absolute atomic E-state index is 0.763. The highest BCUT2D eigenvalue weighted by atomic mass is 32.2. The molecule has 1 aromatic rings. The first kappa shape index (κ1) is 12.3. The second-order valence-electron chi connectivity index (χ2n) is 4.00. The topological polar surface area (TPSA) is 38.1 Å². The van der Waals surface area contributed by atoms with E-state index in [1.54, 1.807) is 0 Å². The van der Waals surface area contributed by atoms with E-state index in [9.17, 15) is 0 Å². The summed E-state index contributed by atoms with van der Waals surface area (Å²) < 4.78 is 5.14. The Morgan fingerprint density at radius 2 is 2.31 bits per heavy atom. The summed E-state index contributed by atoms with van der Waals surface area (Å²) in [6.07, 6.45) is 0. The quantitative estimate of drug-likeness (QED) is 0.896. The van der Waals surface area contributed by atoms with Crippen LogP contribution in [0.2, 0.25) is 0 Å². The van der Waals surface area contributed by atoms with Crippen LogP contribution in [0.25, 0.3) is 0 Å². The van der Waals surface area contributed by atoms with Gasteiger partial charge >= 0.3 is 0 Å². The lowest BCUT2D eigenvalue weighted by molar-refractivity contribution is 0.392. The number of nitrogens with one attached hydrogen (secondary N) is 1. The number of rotatable bonds is 4. The molecule has 90 valence electrons. The Balaban J connectivity index is 1.75. The number of aromatic nitrogens is 1. The predicted molar refractivity (Wildman–Crippen MR) is 71.3 cm³/mol. The summed E-state index contributed by atoms with van der Waals surface area (Å²) in [6.45, 7) is 5.94. The van der Waals surface area contributed by atoms with Crippen LogP contribution in [0.1, 0.15) is 17.0 Å². The van der Waals surface area contributed by atoms with E-state index in [2.05, 4.69) is 34.0 Å². The fraction of sp³-hybridized carbons (Fsp3) is 0.727. The summed E-state index contributed by atoms with van der Waals surface area (Å²) in [5.74, 6) is 4.82. The van der Waals surface area contributed by atoms with E-state index in [1.807, 2.05) is 13.8 Å². The summed E-state index contributed by atoms with van der Waals surface area (Å²) in [7, 11) is 0. The summed E-state index contributed by atoms with van der Waals surface area (Å²) >= 11 is 4.15. The SMILES string of the molecule is Cc1noc(C)c1CNCC1CSCCS1. The van der Waals surface area contributed by atoms with Gasteiger partial charge in [0.2, 0.25) is 0 Å². The van der Waals surface area contributed by atoms with Gasteiger partial charge in [-0.1, -0.05) is 5.16 Å². The third-order valence-electron chi connectivity index (χ3n) is 2.74. The molecule has 0 radical (unpaired) electrons. The lowest BCUT2D eigenvalue weighted by atomic mass is 10.2. The second-order valence-corrected chi connectivity index (χ2v) is 6.56. The zero-order valence-electron chi connectivity index (χ0n) is 9.78. The van der Waals surface area contributed by atoms with Crippen molar-refractivity contribution in [1.82, 2.24) is 10.5 Å². The van der Waals surface area contributed by atoms with Gasteiger partial charge in [-0.2, -0.15) is 23.5 Å². The number of hydrogen-bond acceptors (Lipinski definition) is 5. The Bertz CT molecular complexity index is 315. The maximum Gasteiger partial charge on any atom is 0.138 e. The number of hydrogen-bond donors (Lipinski definition) is 1. The van der Waals surface area contributed by atoms with Crippen LogP contribution in [-0.2, 0) is 6.54 Å². The number of thioether (sulfide) groups is 2. The average Bonchev–Trinajstić information content (AvgIpc) is 2.62. The van der Waals surface area contributed by atoms with Crippen LogP contribution in [0.15, 0.2) is 4.52 Å². The Morgan fingerprint density at radius 3 is 2.94 bits per heavy atom. The van der Waals surface area contributed by atoms with Gasteiger partial charge in [-0.25, -0.2) is 0 Å². The Hall–Kier alpha value is -0.130. The number of aryl methyl sites for hydroxylation is 2. The van der Waals surface area contributed by atoms with Crippen molar-refractivity contribution < 1.29 is 4.52 Å². The summed E-state index contributed by atoms with van der Waals surface area (Å²) in [4.78, 5) is 0. The first-order valence-electron chi connectivity index (χ1n) is 5.59. The first-order valence-corrected chi connectivity index (χ1v) is 7.79. The monoisotopic (exact) mass is 258 g/mol. The molecule has 0 spiro atoms. The van der Waals surface area contributed by atoms with Gasteiger partial charge in [-0.05, 0) is 13.8 Å². The average molecular weight is 258 g/mol. The minimum atomic E-state index is 0.763. The minimum Gasteiger partial charge on any atom is -0.361 e. The summed E-state index contributed by atoms with van der Waals surface area (Å²) in [5.41, 5.74) is 2.23. The van der Waals surface area contributed by atoms with Crippen molar-refractivity contribution in [3.05, 3.63) is 17.0 Å². The molecule has 2 heterocycles. The Labute approximate surface area is 105 Å². The molecule has 3 nitrogen and oxygen atoms in total. The van der Waals surface area contributed by atoms with Crippen LogP contribution in [0.3, 0.4) is 0 Å². The van der Waals surface area contributed by atoms with Gasteiger partial charge in [0.05, 0.1) is 5.69 Å². The molecule has 1 aliphatic heterocycles. The van der Waals surface area contributed by atoms with Gasteiger partial charge in [-0.3, -0.25) is 0 Å². The van der Waals surface area contributed by atoms with Crippen molar-refractivity contribution in [2.45, 2.75) is 25.6 Å². The van der Waals surface area contributed by atoms with Crippen molar-refractivity contribution >= 4 is 23.5 Å². The van der Waals surface area contributed by atoms with E-state index < -0.39 is 0 Å². The molecule has 1 aromatic heterocycles. The highest BCUT2D eigenvalue weighted by Crippen LogP contribution is 2.23. The van der Waals surface area contributed by atoms with Gasteiger partial charge in [0.25, 0.3) is 0 Å². The van der Waals surface area contributed by atoms with E-state index in [0.717, 1.165) is 29.8 Å². The maximum atomic E-state index is 5.14. The fourth-order valence-corrected chi connectivity index (χ4v) is 4.41. The smallest absolute Gasteiger partial charge is 0.138 e.